The SMILES string of the molecule is N#Cc1ccc(N2Cc3ccc(N)cc3C2)c(F)c1. The highest BCUT2D eigenvalue weighted by Gasteiger charge is 2.21. The lowest BCUT2D eigenvalue weighted by molar-refractivity contribution is 0.619. The number of hydrogen-bond acceptors (Lipinski definition) is 3. The number of rotatable bonds is 1. The monoisotopic (exact) mass is 253 g/mol. The Hall–Kier alpha value is -2.54. The third kappa shape index (κ3) is 2.00. The van der Waals surface area contributed by atoms with E-state index in [0.717, 1.165) is 16.8 Å². The molecule has 1 aliphatic heterocycles. The number of hydrogen-bond donors (Lipinski definition) is 1. The summed E-state index contributed by atoms with van der Waals surface area (Å²) in [5, 5.41) is 8.75. The topological polar surface area (TPSA) is 53.0 Å². The van der Waals surface area contributed by atoms with Crippen molar-refractivity contribution in [1.29, 1.82) is 5.26 Å². The second kappa shape index (κ2) is 4.29. The molecular formula is C15H12FN3. The van der Waals surface area contributed by atoms with Crippen molar-refractivity contribution in [2.45, 2.75) is 13.1 Å². The summed E-state index contributed by atoms with van der Waals surface area (Å²) in [5.41, 5.74) is 9.63. The minimum atomic E-state index is -0.361. The molecule has 0 bridgehead atoms. The fourth-order valence-corrected chi connectivity index (χ4v) is 2.42. The van der Waals surface area contributed by atoms with E-state index in [1.165, 1.54) is 6.07 Å². The normalized spacial score (nSPS) is 13.2. The third-order valence-electron chi connectivity index (χ3n) is 3.37. The van der Waals surface area contributed by atoms with Gasteiger partial charge in [-0.25, -0.2) is 4.39 Å². The summed E-state index contributed by atoms with van der Waals surface area (Å²) in [5.74, 6) is -0.361. The molecule has 3 rings (SSSR count). The van der Waals surface area contributed by atoms with Crippen LogP contribution in [0.25, 0.3) is 0 Å². The Morgan fingerprint density at radius 1 is 1.11 bits per heavy atom. The molecule has 2 aromatic carbocycles. The number of nitriles is 1. The van der Waals surface area contributed by atoms with E-state index in [9.17, 15) is 4.39 Å². The van der Waals surface area contributed by atoms with E-state index in [0.29, 0.717) is 24.3 Å². The van der Waals surface area contributed by atoms with Crippen molar-refractivity contribution >= 4 is 11.4 Å². The minimum Gasteiger partial charge on any atom is -0.399 e. The summed E-state index contributed by atoms with van der Waals surface area (Å²) in [6, 6.07) is 12.3. The lowest BCUT2D eigenvalue weighted by Crippen LogP contribution is -2.16. The quantitative estimate of drug-likeness (QED) is 0.795. The molecule has 0 spiro atoms. The van der Waals surface area contributed by atoms with E-state index in [2.05, 4.69) is 0 Å². The molecule has 0 radical (unpaired) electrons. The number of benzene rings is 2. The number of nitrogens with two attached hydrogens (primary N) is 1. The molecule has 0 saturated carbocycles. The Bertz CT molecular complexity index is 688. The zero-order valence-electron chi connectivity index (χ0n) is 10.2. The van der Waals surface area contributed by atoms with Crippen LogP contribution in [0.2, 0.25) is 0 Å². The molecule has 3 nitrogen and oxygen atoms in total. The van der Waals surface area contributed by atoms with Crippen LogP contribution >= 0.6 is 0 Å². The van der Waals surface area contributed by atoms with Gasteiger partial charge in [0.1, 0.15) is 5.82 Å². The average Bonchev–Trinajstić information content (AvgIpc) is 2.81. The van der Waals surface area contributed by atoms with E-state index in [1.54, 1.807) is 12.1 Å². The number of halogens is 1. The summed E-state index contributed by atoms with van der Waals surface area (Å²) in [6.07, 6.45) is 0. The minimum absolute atomic E-state index is 0.335. The first-order valence-electron chi connectivity index (χ1n) is 5.99. The van der Waals surface area contributed by atoms with Crippen LogP contribution in [0.4, 0.5) is 15.8 Å². The van der Waals surface area contributed by atoms with Crippen LogP contribution < -0.4 is 10.6 Å². The molecule has 94 valence electrons. The van der Waals surface area contributed by atoms with Gasteiger partial charge in [0.2, 0.25) is 0 Å². The lowest BCUT2D eigenvalue weighted by Gasteiger charge is -2.18. The first-order chi connectivity index (χ1) is 9.17. The maximum absolute atomic E-state index is 14.0. The Labute approximate surface area is 110 Å². The highest BCUT2D eigenvalue weighted by molar-refractivity contribution is 5.57. The number of anilines is 2. The molecule has 4 heteroatoms. The summed E-state index contributed by atoms with van der Waals surface area (Å²) < 4.78 is 14.0. The Balaban J connectivity index is 1.93. The average molecular weight is 253 g/mol. The van der Waals surface area contributed by atoms with Crippen molar-refractivity contribution in [3.8, 4) is 6.07 Å². The van der Waals surface area contributed by atoms with Crippen LogP contribution in [-0.2, 0) is 13.1 Å². The smallest absolute Gasteiger partial charge is 0.147 e. The van der Waals surface area contributed by atoms with Crippen molar-refractivity contribution in [2.24, 2.45) is 0 Å². The molecule has 0 amide bonds. The predicted octanol–water partition coefficient (Wildman–Crippen LogP) is 2.80. The zero-order chi connectivity index (χ0) is 13.4. The molecule has 0 saturated heterocycles. The van der Waals surface area contributed by atoms with Crippen LogP contribution in [0.15, 0.2) is 36.4 Å². The van der Waals surface area contributed by atoms with Crippen LogP contribution in [-0.4, -0.2) is 0 Å². The van der Waals surface area contributed by atoms with Gasteiger partial charge >= 0.3 is 0 Å². The fraction of sp³-hybridized carbons (Fsp3) is 0.133. The van der Waals surface area contributed by atoms with Gasteiger partial charge in [-0.1, -0.05) is 6.07 Å². The molecule has 0 aliphatic carbocycles. The summed E-state index contributed by atoms with van der Waals surface area (Å²) >= 11 is 0. The summed E-state index contributed by atoms with van der Waals surface area (Å²) in [7, 11) is 0. The standard InChI is InChI=1S/C15H12FN3/c16-14-5-10(7-17)1-4-15(14)19-8-11-2-3-13(18)6-12(11)9-19/h1-6H,8-9,18H2. The van der Waals surface area contributed by atoms with Crippen LogP contribution in [0.5, 0.6) is 0 Å². The summed E-state index contributed by atoms with van der Waals surface area (Å²) in [4.78, 5) is 1.95. The highest BCUT2D eigenvalue weighted by atomic mass is 19.1. The van der Waals surface area contributed by atoms with Gasteiger partial charge in [0, 0.05) is 18.8 Å². The van der Waals surface area contributed by atoms with Crippen molar-refractivity contribution in [1.82, 2.24) is 0 Å². The molecule has 1 heterocycles. The van der Waals surface area contributed by atoms with E-state index in [4.69, 9.17) is 11.0 Å². The maximum atomic E-state index is 14.0. The van der Waals surface area contributed by atoms with Crippen LogP contribution in [0.3, 0.4) is 0 Å². The zero-order valence-corrected chi connectivity index (χ0v) is 10.2. The number of nitrogen functional groups attached to an aromatic ring is 1. The molecular weight excluding hydrogens is 241 g/mol. The van der Waals surface area contributed by atoms with Gasteiger partial charge in [-0.15, -0.1) is 0 Å². The second-order valence-corrected chi connectivity index (χ2v) is 4.66. The van der Waals surface area contributed by atoms with Crippen molar-refractivity contribution in [3.05, 3.63) is 58.9 Å². The van der Waals surface area contributed by atoms with E-state index in [1.807, 2.05) is 29.2 Å². The van der Waals surface area contributed by atoms with Crippen LogP contribution in [0, 0.1) is 17.1 Å². The van der Waals surface area contributed by atoms with Crippen LogP contribution in [0.1, 0.15) is 16.7 Å². The maximum Gasteiger partial charge on any atom is 0.147 e. The van der Waals surface area contributed by atoms with Crippen molar-refractivity contribution in [2.75, 3.05) is 10.6 Å². The first kappa shape index (κ1) is 11.5. The van der Waals surface area contributed by atoms with Crippen molar-refractivity contribution in [3.63, 3.8) is 0 Å². The molecule has 0 aromatic heterocycles. The molecule has 0 atom stereocenters. The predicted molar refractivity (Wildman–Crippen MR) is 71.9 cm³/mol. The Morgan fingerprint density at radius 3 is 2.63 bits per heavy atom. The van der Waals surface area contributed by atoms with Gasteiger partial charge in [0.15, 0.2) is 0 Å². The largest absolute Gasteiger partial charge is 0.399 e. The lowest BCUT2D eigenvalue weighted by atomic mass is 10.1. The molecule has 0 fully saturated rings. The highest BCUT2D eigenvalue weighted by Crippen LogP contribution is 2.31. The molecule has 1 aliphatic rings. The van der Waals surface area contributed by atoms with Crippen molar-refractivity contribution < 1.29 is 4.39 Å². The van der Waals surface area contributed by atoms with Gasteiger partial charge in [0.05, 0.1) is 17.3 Å². The van der Waals surface area contributed by atoms with E-state index < -0.39 is 0 Å². The van der Waals surface area contributed by atoms with Gasteiger partial charge < -0.3 is 10.6 Å². The van der Waals surface area contributed by atoms with Gasteiger partial charge in [-0.05, 0) is 41.5 Å². The Kier molecular flexibility index (Phi) is 2.60. The number of nitrogens with zero attached hydrogens (tertiary/aromatic N) is 2. The van der Waals surface area contributed by atoms with Gasteiger partial charge in [-0.3, -0.25) is 0 Å². The van der Waals surface area contributed by atoms with Gasteiger partial charge in [0.25, 0.3) is 0 Å². The molecule has 2 N–H and O–H groups in total. The second-order valence-electron chi connectivity index (χ2n) is 4.66. The molecule has 19 heavy (non-hydrogen) atoms. The first-order valence-corrected chi connectivity index (χ1v) is 5.99. The molecule has 2 aromatic rings. The summed E-state index contributed by atoms with van der Waals surface area (Å²) in [6.45, 7) is 1.31. The van der Waals surface area contributed by atoms with Gasteiger partial charge in [-0.2, -0.15) is 5.26 Å². The fourth-order valence-electron chi connectivity index (χ4n) is 2.42. The Morgan fingerprint density at radius 2 is 1.89 bits per heavy atom. The van der Waals surface area contributed by atoms with E-state index >= 15 is 0 Å². The third-order valence-corrected chi connectivity index (χ3v) is 3.37. The van der Waals surface area contributed by atoms with E-state index in [-0.39, 0.29) is 5.82 Å². The molecule has 0 unspecified atom stereocenters. The number of fused-ring (bicyclic) bond motifs is 1.